The second kappa shape index (κ2) is 9.16. The molecule has 2 amide bonds. The number of nitrogens with one attached hydrogen (secondary N) is 1. The standard InChI is InChI=1S/C20H23N7O2/c28-20(22-17-6-8-18(9-7-17)27-16-21-23-24-27)26-12-10-25(11-13-26)14-15-29-19-4-2-1-3-5-19/h1-9,16H,10-15H2,(H,22,28). The van der Waals surface area contributed by atoms with Crippen molar-refractivity contribution in [1.29, 1.82) is 0 Å². The summed E-state index contributed by atoms with van der Waals surface area (Å²) in [5, 5.41) is 14.0. The highest BCUT2D eigenvalue weighted by Crippen LogP contribution is 2.14. The van der Waals surface area contributed by atoms with E-state index in [1.54, 1.807) is 4.68 Å². The number of carbonyl (C=O) groups excluding carboxylic acids is 1. The molecule has 2 heterocycles. The highest BCUT2D eigenvalue weighted by atomic mass is 16.5. The van der Waals surface area contributed by atoms with Gasteiger partial charge in [-0.1, -0.05) is 18.2 Å². The Morgan fingerprint density at radius 2 is 1.76 bits per heavy atom. The molecule has 0 spiro atoms. The van der Waals surface area contributed by atoms with Crippen molar-refractivity contribution in [2.45, 2.75) is 0 Å². The zero-order valence-electron chi connectivity index (χ0n) is 16.0. The SMILES string of the molecule is O=C(Nc1ccc(-n2cnnn2)cc1)N1CCN(CCOc2ccccc2)CC1. The summed E-state index contributed by atoms with van der Waals surface area (Å²) in [7, 11) is 0. The maximum atomic E-state index is 12.5. The lowest BCUT2D eigenvalue weighted by Crippen LogP contribution is -2.50. The molecule has 29 heavy (non-hydrogen) atoms. The molecule has 0 unspecified atom stereocenters. The molecule has 1 N–H and O–H groups in total. The molecule has 1 aliphatic rings. The highest BCUT2D eigenvalue weighted by molar-refractivity contribution is 5.89. The lowest BCUT2D eigenvalue weighted by Gasteiger charge is -2.34. The van der Waals surface area contributed by atoms with Crippen molar-refractivity contribution in [3.63, 3.8) is 0 Å². The van der Waals surface area contributed by atoms with E-state index in [4.69, 9.17) is 4.74 Å². The highest BCUT2D eigenvalue weighted by Gasteiger charge is 2.21. The van der Waals surface area contributed by atoms with Crippen molar-refractivity contribution in [1.82, 2.24) is 30.0 Å². The smallest absolute Gasteiger partial charge is 0.321 e. The number of carbonyl (C=O) groups is 1. The van der Waals surface area contributed by atoms with E-state index in [9.17, 15) is 4.79 Å². The van der Waals surface area contributed by atoms with Crippen LogP contribution in [0.25, 0.3) is 5.69 Å². The second-order valence-corrected chi connectivity index (χ2v) is 6.72. The molecule has 3 aromatic rings. The lowest BCUT2D eigenvalue weighted by molar-refractivity contribution is 0.132. The molecule has 1 saturated heterocycles. The monoisotopic (exact) mass is 393 g/mol. The van der Waals surface area contributed by atoms with Gasteiger partial charge in [0.2, 0.25) is 0 Å². The topological polar surface area (TPSA) is 88.4 Å². The third-order valence-electron chi connectivity index (χ3n) is 4.81. The number of piperazine rings is 1. The fourth-order valence-corrected chi connectivity index (χ4v) is 3.16. The number of anilines is 1. The van der Waals surface area contributed by atoms with Gasteiger partial charge >= 0.3 is 6.03 Å². The first-order valence-electron chi connectivity index (χ1n) is 9.57. The fraction of sp³-hybridized carbons (Fsp3) is 0.300. The number of para-hydroxylation sites is 1. The molecular weight excluding hydrogens is 370 g/mol. The van der Waals surface area contributed by atoms with E-state index in [0.29, 0.717) is 19.7 Å². The number of urea groups is 1. The van der Waals surface area contributed by atoms with E-state index in [1.807, 2.05) is 59.5 Å². The summed E-state index contributed by atoms with van der Waals surface area (Å²) in [6.07, 6.45) is 1.53. The van der Waals surface area contributed by atoms with Gasteiger partial charge < -0.3 is 15.0 Å². The van der Waals surface area contributed by atoms with Gasteiger partial charge in [0, 0.05) is 38.4 Å². The van der Waals surface area contributed by atoms with Crippen LogP contribution in [-0.4, -0.2) is 75.4 Å². The van der Waals surface area contributed by atoms with Gasteiger partial charge in [0.15, 0.2) is 0 Å². The molecule has 0 aliphatic carbocycles. The molecule has 2 aromatic carbocycles. The first-order chi connectivity index (χ1) is 14.3. The van der Waals surface area contributed by atoms with E-state index in [-0.39, 0.29) is 6.03 Å². The Kier molecular flexibility index (Phi) is 5.96. The Morgan fingerprint density at radius 1 is 1.00 bits per heavy atom. The minimum absolute atomic E-state index is 0.0830. The van der Waals surface area contributed by atoms with Gasteiger partial charge in [-0.3, -0.25) is 4.90 Å². The van der Waals surface area contributed by atoms with Crippen molar-refractivity contribution in [2.75, 3.05) is 44.6 Å². The third-order valence-corrected chi connectivity index (χ3v) is 4.81. The van der Waals surface area contributed by atoms with Crippen molar-refractivity contribution in [2.24, 2.45) is 0 Å². The number of amides is 2. The number of ether oxygens (including phenoxy) is 1. The Morgan fingerprint density at radius 3 is 2.45 bits per heavy atom. The summed E-state index contributed by atoms with van der Waals surface area (Å²) in [4.78, 5) is 16.7. The molecule has 4 rings (SSSR count). The van der Waals surface area contributed by atoms with Gasteiger partial charge in [0.1, 0.15) is 18.7 Å². The third kappa shape index (κ3) is 5.08. The van der Waals surface area contributed by atoms with Crippen molar-refractivity contribution >= 4 is 11.7 Å². The quantitative estimate of drug-likeness (QED) is 0.688. The minimum Gasteiger partial charge on any atom is -0.492 e. The predicted octanol–water partition coefficient (Wildman–Crippen LogP) is 1.89. The van der Waals surface area contributed by atoms with Crippen LogP contribution in [0.4, 0.5) is 10.5 Å². The van der Waals surface area contributed by atoms with Crippen molar-refractivity contribution in [3.8, 4) is 11.4 Å². The fourth-order valence-electron chi connectivity index (χ4n) is 3.16. The molecule has 0 atom stereocenters. The van der Waals surface area contributed by atoms with E-state index in [2.05, 4.69) is 25.7 Å². The van der Waals surface area contributed by atoms with E-state index < -0.39 is 0 Å². The number of hydrogen-bond donors (Lipinski definition) is 1. The van der Waals surface area contributed by atoms with Crippen LogP contribution < -0.4 is 10.1 Å². The van der Waals surface area contributed by atoms with Crippen LogP contribution >= 0.6 is 0 Å². The number of benzene rings is 2. The van der Waals surface area contributed by atoms with Gasteiger partial charge in [-0.2, -0.15) is 0 Å². The predicted molar refractivity (Wildman–Crippen MR) is 108 cm³/mol. The zero-order valence-corrected chi connectivity index (χ0v) is 16.0. The first kappa shape index (κ1) is 18.9. The Hall–Kier alpha value is -3.46. The number of rotatable bonds is 6. The second-order valence-electron chi connectivity index (χ2n) is 6.72. The van der Waals surface area contributed by atoms with Gasteiger partial charge in [-0.25, -0.2) is 9.48 Å². The summed E-state index contributed by atoms with van der Waals surface area (Å²) >= 11 is 0. The minimum atomic E-state index is -0.0830. The molecular formula is C20H23N7O2. The number of nitrogens with zero attached hydrogens (tertiary/aromatic N) is 6. The van der Waals surface area contributed by atoms with E-state index in [0.717, 1.165) is 36.8 Å². The number of aromatic nitrogens is 4. The molecule has 0 saturated carbocycles. The molecule has 1 aliphatic heterocycles. The average molecular weight is 393 g/mol. The molecule has 1 aromatic heterocycles. The lowest BCUT2D eigenvalue weighted by atomic mass is 10.3. The summed E-state index contributed by atoms with van der Waals surface area (Å²) in [6.45, 7) is 4.56. The van der Waals surface area contributed by atoms with Gasteiger partial charge in [0.05, 0.1) is 5.69 Å². The molecule has 0 radical (unpaired) electrons. The Balaban J connectivity index is 1.20. The summed E-state index contributed by atoms with van der Waals surface area (Å²) in [5.41, 5.74) is 1.57. The van der Waals surface area contributed by atoms with Crippen LogP contribution in [0.1, 0.15) is 0 Å². The molecule has 150 valence electrons. The maximum absolute atomic E-state index is 12.5. The molecule has 9 nitrogen and oxygen atoms in total. The van der Waals surface area contributed by atoms with Crippen molar-refractivity contribution in [3.05, 3.63) is 60.9 Å². The zero-order chi connectivity index (χ0) is 19.9. The average Bonchev–Trinajstić information content (AvgIpc) is 3.30. The molecule has 9 heteroatoms. The first-order valence-corrected chi connectivity index (χ1v) is 9.57. The van der Waals surface area contributed by atoms with Crippen LogP contribution in [-0.2, 0) is 0 Å². The van der Waals surface area contributed by atoms with Crippen molar-refractivity contribution < 1.29 is 9.53 Å². The molecule has 0 bridgehead atoms. The van der Waals surface area contributed by atoms with E-state index >= 15 is 0 Å². The van der Waals surface area contributed by atoms with Gasteiger partial charge in [-0.05, 0) is 46.8 Å². The van der Waals surface area contributed by atoms with Crippen LogP contribution in [0.2, 0.25) is 0 Å². The van der Waals surface area contributed by atoms with Gasteiger partial charge in [0.25, 0.3) is 0 Å². The molecule has 1 fully saturated rings. The summed E-state index contributed by atoms with van der Waals surface area (Å²) in [5.74, 6) is 0.886. The van der Waals surface area contributed by atoms with Crippen LogP contribution in [0.3, 0.4) is 0 Å². The Labute approximate surface area is 168 Å². The number of hydrogen-bond acceptors (Lipinski definition) is 6. The maximum Gasteiger partial charge on any atom is 0.321 e. The number of tetrazole rings is 1. The summed E-state index contributed by atoms with van der Waals surface area (Å²) in [6, 6.07) is 17.1. The summed E-state index contributed by atoms with van der Waals surface area (Å²) < 4.78 is 7.31. The van der Waals surface area contributed by atoms with Crippen LogP contribution in [0.15, 0.2) is 60.9 Å². The van der Waals surface area contributed by atoms with Gasteiger partial charge in [-0.15, -0.1) is 5.10 Å². The normalized spacial score (nSPS) is 14.6. The van der Waals surface area contributed by atoms with Crippen LogP contribution in [0.5, 0.6) is 5.75 Å². The Bertz CT molecular complexity index is 892. The largest absolute Gasteiger partial charge is 0.492 e. The van der Waals surface area contributed by atoms with E-state index in [1.165, 1.54) is 6.33 Å². The van der Waals surface area contributed by atoms with Crippen LogP contribution in [0, 0.1) is 0 Å².